The lowest BCUT2D eigenvalue weighted by molar-refractivity contribution is -0.128. The largest absolute Gasteiger partial charge is 0.390 e. The third-order valence-electron chi connectivity index (χ3n) is 9.04. The number of benzene rings is 1. The Bertz CT molecular complexity index is 1420. The van der Waals surface area contributed by atoms with Gasteiger partial charge in [-0.25, -0.2) is 15.0 Å². The number of aliphatic hydroxyl groups is 1. The molecule has 1 aliphatic heterocycles. The minimum Gasteiger partial charge on any atom is -0.390 e. The fourth-order valence-electron chi connectivity index (χ4n) is 6.14. The van der Waals surface area contributed by atoms with E-state index < -0.39 is 6.10 Å². The predicted molar refractivity (Wildman–Crippen MR) is 168 cm³/mol. The molecule has 6 rings (SSSR count). The van der Waals surface area contributed by atoms with Crippen molar-refractivity contribution in [2.45, 2.75) is 76.7 Å². The van der Waals surface area contributed by atoms with E-state index in [4.69, 9.17) is 9.47 Å². The van der Waals surface area contributed by atoms with Gasteiger partial charge in [0.2, 0.25) is 11.8 Å². The molecule has 236 valence electrons. The molecule has 3 aliphatic rings. The maximum Gasteiger partial charge on any atom is 0.229 e. The molecule has 3 aromatic rings. The van der Waals surface area contributed by atoms with Crippen molar-refractivity contribution in [1.82, 2.24) is 25.6 Å². The van der Waals surface area contributed by atoms with Crippen LogP contribution in [0.3, 0.4) is 0 Å². The highest BCUT2D eigenvalue weighted by Crippen LogP contribution is 2.36. The summed E-state index contributed by atoms with van der Waals surface area (Å²) in [6.45, 7) is 5.13. The summed E-state index contributed by atoms with van der Waals surface area (Å²) in [7, 11) is 0. The molecule has 3 fully saturated rings. The van der Waals surface area contributed by atoms with Gasteiger partial charge in [0, 0.05) is 55.6 Å². The van der Waals surface area contributed by atoms with Crippen molar-refractivity contribution in [2.75, 3.05) is 31.6 Å². The first-order valence-electron chi connectivity index (χ1n) is 15.8. The molecular weight excluding hydrogens is 580 g/mol. The quantitative estimate of drug-likeness (QED) is 0.238. The van der Waals surface area contributed by atoms with Gasteiger partial charge in [-0.2, -0.15) is 0 Å². The van der Waals surface area contributed by atoms with E-state index >= 15 is 0 Å². The molecule has 2 aliphatic carbocycles. The van der Waals surface area contributed by atoms with Gasteiger partial charge >= 0.3 is 0 Å². The number of hydrogen-bond acceptors (Lipinski definition) is 10. The molecule has 3 heterocycles. The Labute approximate surface area is 261 Å². The maximum atomic E-state index is 12.9. The second-order valence-corrected chi connectivity index (χ2v) is 13.4. The molecule has 0 bridgehead atoms. The van der Waals surface area contributed by atoms with Crippen molar-refractivity contribution in [3.63, 3.8) is 0 Å². The van der Waals surface area contributed by atoms with Crippen LogP contribution in [0.15, 0.2) is 30.6 Å². The number of rotatable bonds is 12. The van der Waals surface area contributed by atoms with E-state index in [1.165, 1.54) is 11.3 Å². The van der Waals surface area contributed by atoms with Crippen molar-refractivity contribution in [3.05, 3.63) is 36.4 Å². The van der Waals surface area contributed by atoms with E-state index in [-0.39, 0.29) is 42.4 Å². The lowest BCUT2D eigenvalue weighted by Gasteiger charge is -2.35. The minimum atomic E-state index is -0.396. The van der Waals surface area contributed by atoms with Crippen LogP contribution in [-0.4, -0.2) is 76.4 Å². The number of thiazole rings is 1. The standard InChI is InChI=1S/C32H42N6O5S/c1-19(14-36-30(40)21-7-9-42-10-8-21)33-15-20-11-23(12-20)31(41)38-32-37-25-6-5-22(13-28(25)44-32)24-16-34-29(35-17-24)18-43-27-4-2-3-26(27)39/h5-6,13,16-17,19-21,23,26-27,33,39H,2-4,7-12,14-15,18H2,1H3,(H,36,40)(H,37,38,41)/t19-,20?,23?,26-,27-/m0/s1. The molecular formula is C32H42N6O5S. The third-order valence-corrected chi connectivity index (χ3v) is 9.97. The van der Waals surface area contributed by atoms with E-state index in [9.17, 15) is 14.7 Å². The number of aliphatic hydroxyl groups excluding tert-OH is 1. The Morgan fingerprint density at radius 1 is 1.07 bits per heavy atom. The molecule has 1 aromatic carbocycles. The van der Waals surface area contributed by atoms with Gasteiger partial charge in [-0.1, -0.05) is 17.4 Å². The summed E-state index contributed by atoms with van der Waals surface area (Å²) in [6, 6.07) is 6.16. The molecule has 3 atom stereocenters. The molecule has 0 radical (unpaired) electrons. The first kappa shape index (κ1) is 31.0. The lowest BCUT2D eigenvalue weighted by atomic mass is 9.74. The zero-order valence-electron chi connectivity index (χ0n) is 25.2. The summed E-state index contributed by atoms with van der Waals surface area (Å²) in [4.78, 5) is 38.8. The molecule has 2 aromatic heterocycles. The lowest BCUT2D eigenvalue weighted by Crippen LogP contribution is -2.45. The number of amides is 2. The maximum absolute atomic E-state index is 12.9. The average Bonchev–Trinajstić information content (AvgIpc) is 3.62. The second kappa shape index (κ2) is 14.4. The summed E-state index contributed by atoms with van der Waals surface area (Å²) in [5.74, 6) is 1.25. The van der Waals surface area contributed by atoms with Gasteiger partial charge in [-0.3, -0.25) is 9.59 Å². The van der Waals surface area contributed by atoms with Crippen LogP contribution in [0.5, 0.6) is 0 Å². The Morgan fingerprint density at radius 2 is 1.86 bits per heavy atom. The number of carbonyl (C=O) groups is 2. The van der Waals surface area contributed by atoms with E-state index in [2.05, 4.69) is 37.8 Å². The van der Waals surface area contributed by atoms with Gasteiger partial charge in [-0.05, 0) is 82.0 Å². The number of anilines is 1. The van der Waals surface area contributed by atoms with Gasteiger partial charge in [-0.15, -0.1) is 0 Å². The molecule has 1 saturated heterocycles. The van der Waals surface area contributed by atoms with Gasteiger partial charge in [0.15, 0.2) is 11.0 Å². The third kappa shape index (κ3) is 7.78. The summed E-state index contributed by atoms with van der Waals surface area (Å²) in [6.07, 6.45) is 8.97. The predicted octanol–water partition coefficient (Wildman–Crippen LogP) is 3.67. The van der Waals surface area contributed by atoms with Crippen LogP contribution in [-0.2, 0) is 25.7 Å². The molecule has 0 unspecified atom stereocenters. The fourth-order valence-corrected chi connectivity index (χ4v) is 7.05. The highest BCUT2D eigenvalue weighted by atomic mass is 32.1. The highest BCUT2D eigenvalue weighted by molar-refractivity contribution is 7.22. The highest BCUT2D eigenvalue weighted by Gasteiger charge is 2.35. The van der Waals surface area contributed by atoms with Crippen molar-refractivity contribution in [2.24, 2.45) is 17.8 Å². The number of aromatic nitrogens is 3. The van der Waals surface area contributed by atoms with Crippen LogP contribution in [0.4, 0.5) is 5.13 Å². The molecule has 0 spiro atoms. The Morgan fingerprint density at radius 3 is 2.61 bits per heavy atom. The second-order valence-electron chi connectivity index (χ2n) is 12.4. The summed E-state index contributed by atoms with van der Waals surface area (Å²) in [5, 5.41) is 20.1. The van der Waals surface area contributed by atoms with Gasteiger partial charge in [0.1, 0.15) is 6.61 Å². The Hall–Kier alpha value is -3.03. The van der Waals surface area contributed by atoms with Gasteiger partial charge < -0.3 is 30.5 Å². The van der Waals surface area contributed by atoms with E-state index in [1.807, 2.05) is 18.2 Å². The van der Waals surface area contributed by atoms with Gasteiger partial charge in [0.25, 0.3) is 0 Å². The Balaban J connectivity index is 0.926. The van der Waals surface area contributed by atoms with Crippen LogP contribution < -0.4 is 16.0 Å². The van der Waals surface area contributed by atoms with E-state index in [0.717, 1.165) is 72.8 Å². The monoisotopic (exact) mass is 622 g/mol. The topological polar surface area (TPSA) is 148 Å². The van der Waals surface area contributed by atoms with Crippen molar-refractivity contribution >= 4 is 38.5 Å². The Kier molecular flexibility index (Phi) is 10.1. The summed E-state index contributed by atoms with van der Waals surface area (Å²) < 4.78 is 12.1. The number of ether oxygens (including phenoxy) is 2. The zero-order valence-corrected chi connectivity index (χ0v) is 26.0. The molecule has 2 saturated carbocycles. The van der Waals surface area contributed by atoms with Crippen molar-refractivity contribution in [3.8, 4) is 11.1 Å². The van der Waals surface area contributed by atoms with Crippen molar-refractivity contribution < 1.29 is 24.2 Å². The first-order valence-corrected chi connectivity index (χ1v) is 16.6. The molecule has 11 nitrogen and oxygen atoms in total. The fraction of sp³-hybridized carbons (Fsp3) is 0.594. The first-order chi connectivity index (χ1) is 21.4. The van der Waals surface area contributed by atoms with Crippen LogP contribution in [0, 0.1) is 17.8 Å². The van der Waals surface area contributed by atoms with Crippen LogP contribution in [0.25, 0.3) is 21.3 Å². The molecule has 12 heteroatoms. The van der Waals surface area contributed by atoms with Gasteiger partial charge in [0.05, 0.1) is 22.4 Å². The van der Waals surface area contributed by atoms with E-state index in [1.54, 1.807) is 12.4 Å². The number of hydrogen-bond donors (Lipinski definition) is 4. The smallest absolute Gasteiger partial charge is 0.229 e. The number of carbonyl (C=O) groups excluding carboxylic acids is 2. The average molecular weight is 623 g/mol. The van der Waals surface area contributed by atoms with Crippen LogP contribution >= 0.6 is 11.3 Å². The summed E-state index contributed by atoms with van der Waals surface area (Å²) in [5.41, 5.74) is 2.70. The minimum absolute atomic E-state index is 0.00974. The van der Waals surface area contributed by atoms with Crippen LogP contribution in [0.2, 0.25) is 0 Å². The van der Waals surface area contributed by atoms with Crippen LogP contribution in [0.1, 0.15) is 57.7 Å². The SMILES string of the molecule is C[C@@H](CNC(=O)C1CCOCC1)NCC1CC(C(=O)Nc2nc3ccc(-c4cnc(CO[C@H]5CCC[C@@H]5O)nc4)cc3s2)C1. The summed E-state index contributed by atoms with van der Waals surface area (Å²) >= 11 is 1.46. The zero-order chi connectivity index (χ0) is 30.5. The number of nitrogens with one attached hydrogen (secondary N) is 3. The normalized spacial score (nSPS) is 24.6. The molecule has 44 heavy (non-hydrogen) atoms. The molecule has 4 N–H and O–H groups in total. The van der Waals surface area contributed by atoms with E-state index in [0.29, 0.717) is 36.6 Å². The van der Waals surface area contributed by atoms with Crippen molar-refractivity contribution in [1.29, 1.82) is 0 Å². The number of fused-ring (bicyclic) bond motifs is 1. The molecule has 2 amide bonds. The number of nitrogens with zero attached hydrogens (tertiary/aromatic N) is 3.